The fraction of sp³-hybridized carbons (Fsp3) is 0.556. The molecule has 6 heterocycles. The van der Waals surface area contributed by atoms with Crippen LogP contribution in [0.15, 0.2) is 47.4 Å². The Hall–Kier alpha value is -4.15. The van der Waals surface area contributed by atoms with Gasteiger partial charge in [-0.25, -0.2) is 23.5 Å². The topological polar surface area (TPSA) is 344 Å². The average molecular weight is 863 g/mol. The van der Waals surface area contributed by atoms with Crippen LogP contribution in [0, 0.1) is 17.5 Å². The summed E-state index contributed by atoms with van der Waals surface area (Å²) in [5.74, 6) is -4.16. The minimum atomic E-state index is -5.27. The van der Waals surface area contributed by atoms with Crippen molar-refractivity contribution in [3.05, 3.63) is 98.6 Å². The highest BCUT2D eigenvalue weighted by Crippen LogP contribution is 2.51. The van der Waals surface area contributed by atoms with Gasteiger partial charge in [0.15, 0.2) is 0 Å². The minimum absolute atomic E-state index is 0.363. The van der Waals surface area contributed by atoms with E-state index in [1.165, 1.54) is 0 Å². The number of halogens is 3. The molecule has 0 bridgehead atoms. The highest BCUT2D eigenvalue weighted by Gasteiger charge is 2.46. The van der Waals surface area contributed by atoms with Gasteiger partial charge in [-0.1, -0.05) is 0 Å². The summed E-state index contributed by atoms with van der Waals surface area (Å²) in [6.45, 7) is -2.80. The van der Waals surface area contributed by atoms with E-state index in [2.05, 4.69) is 0 Å². The van der Waals surface area contributed by atoms with Crippen LogP contribution >= 0.6 is 15.6 Å². The minimum Gasteiger partial charge on any atom is -0.394 e. The number of aromatic nitrogens is 6. The summed E-state index contributed by atoms with van der Waals surface area (Å²) in [5.41, 5.74) is -7.45. The van der Waals surface area contributed by atoms with Crippen LogP contribution in [0.2, 0.25) is 0 Å². The summed E-state index contributed by atoms with van der Waals surface area (Å²) < 4.78 is 107. The molecule has 3 aliphatic heterocycles. The summed E-state index contributed by atoms with van der Waals surface area (Å²) in [4.78, 5) is 97.4. The molecule has 0 aromatic carbocycles. The van der Waals surface area contributed by atoms with Crippen molar-refractivity contribution in [3.63, 3.8) is 0 Å². The van der Waals surface area contributed by atoms with Crippen molar-refractivity contribution >= 4 is 15.6 Å². The molecule has 7 N–H and O–H groups in total. The molecule has 0 amide bonds. The number of nitrogens with zero attached hydrogens (tertiary/aromatic N) is 3. The van der Waals surface area contributed by atoms with Crippen LogP contribution in [0.3, 0.4) is 0 Å². The van der Waals surface area contributed by atoms with Crippen LogP contribution in [0.4, 0.5) is 13.2 Å². The van der Waals surface area contributed by atoms with Gasteiger partial charge in [-0.3, -0.25) is 61.1 Å². The Kier molecular flexibility index (Phi) is 12.4. The van der Waals surface area contributed by atoms with E-state index in [0.717, 1.165) is 0 Å². The third-order valence-electron chi connectivity index (χ3n) is 8.79. The molecule has 3 aromatic heterocycles. The molecule has 0 spiro atoms. The van der Waals surface area contributed by atoms with E-state index < -0.39 is 155 Å². The number of phosphoric ester groups is 2. The van der Waals surface area contributed by atoms with Crippen molar-refractivity contribution in [2.24, 2.45) is 0 Å². The molecule has 25 nitrogen and oxygen atoms in total. The van der Waals surface area contributed by atoms with Gasteiger partial charge in [0.2, 0.25) is 17.5 Å². The van der Waals surface area contributed by atoms with Gasteiger partial charge in [0.1, 0.15) is 49.2 Å². The summed E-state index contributed by atoms with van der Waals surface area (Å²) in [7, 11) is -10.5. The number of rotatable bonds is 14. The van der Waals surface area contributed by atoms with Crippen molar-refractivity contribution in [1.82, 2.24) is 28.7 Å². The molecule has 57 heavy (non-hydrogen) atoms. The lowest BCUT2D eigenvalue weighted by atomic mass is 10.2. The molecule has 0 aliphatic carbocycles. The van der Waals surface area contributed by atoms with Gasteiger partial charge >= 0.3 is 32.7 Å². The first kappa shape index (κ1) is 42.5. The second kappa shape index (κ2) is 16.6. The number of hydrogen-bond acceptors (Lipinski definition) is 17. The lowest BCUT2D eigenvalue weighted by molar-refractivity contribution is -0.0621. The fourth-order valence-corrected chi connectivity index (χ4v) is 8.00. The SMILES string of the molecule is O=c1[nH]c(=O)n([C@H]2CC(O)[C@@H](COP(=O)(O)OC3C[C@H](n4cc(F)c(=O)[nH]c4=O)O[C@@H]3COP(=O)(O)OC3C[C@H](n4cc(F)c(=O)[nH]c4=O)O[C@@H]3CO)O2)cc1F. The van der Waals surface area contributed by atoms with Gasteiger partial charge in [-0.2, -0.15) is 13.2 Å². The zero-order chi connectivity index (χ0) is 41.6. The Morgan fingerprint density at radius 1 is 0.632 bits per heavy atom. The molecule has 5 unspecified atom stereocenters. The van der Waals surface area contributed by atoms with Crippen molar-refractivity contribution in [2.75, 3.05) is 19.8 Å². The molecule has 6 rings (SSSR count). The van der Waals surface area contributed by atoms with Crippen molar-refractivity contribution in [3.8, 4) is 0 Å². The van der Waals surface area contributed by atoms with E-state index in [0.29, 0.717) is 32.3 Å². The van der Waals surface area contributed by atoms with Gasteiger partial charge in [0, 0.05) is 19.3 Å². The van der Waals surface area contributed by atoms with Crippen molar-refractivity contribution in [1.29, 1.82) is 0 Å². The first-order valence-corrected chi connectivity index (χ1v) is 19.3. The Morgan fingerprint density at radius 3 is 1.40 bits per heavy atom. The summed E-state index contributed by atoms with van der Waals surface area (Å²) in [6, 6.07) is 0. The van der Waals surface area contributed by atoms with Gasteiger partial charge in [0.25, 0.3) is 16.7 Å². The third-order valence-corrected chi connectivity index (χ3v) is 10.8. The highest BCUT2D eigenvalue weighted by molar-refractivity contribution is 7.47. The predicted molar refractivity (Wildman–Crippen MR) is 174 cm³/mol. The molecule has 3 fully saturated rings. The fourth-order valence-electron chi connectivity index (χ4n) is 6.08. The maximum Gasteiger partial charge on any atom is 0.472 e. The van der Waals surface area contributed by atoms with E-state index in [4.69, 9.17) is 32.3 Å². The van der Waals surface area contributed by atoms with Gasteiger partial charge < -0.3 is 34.2 Å². The zero-order valence-corrected chi connectivity index (χ0v) is 30.2. The molecule has 11 atom stereocenters. The van der Waals surface area contributed by atoms with Crippen molar-refractivity contribution < 1.29 is 74.6 Å². The molecule has 3 aliphatic rings. The standard InChI is InChI=1S/C27H31F3N6O19P2/c28-10-4-34(25(42)31-22(10)39)19-1-13(38)17(52-19)8-49-56(45,46)55-15-3-21(36-6-12(30)24(41)33-27(36)44)53-18(15)9-50-57(47,48)54-14-2-20(51-16(14)7-37)35-5-11(29)23(40)32-26(35)43/h4-6,13-21,37-38H,1-3,7-9H2,(H,45,46)(H,47,48)(H,31,39,42)(H,32,40,43)(H,33,41,44)/t13?,14?,15?,16-,17-,18-,19-,20-,21-/m1/s1. The van der Waals surface area contributed by atoms with Crippen LogP contribution in [0.5, 0.6) is 0 Å². The number of nitrogens with one attached hydrogen (secondary N) is 3. The maximum atomic E-state index is 14.1. The number of phosphoric acid groups is 2. The smallest absolute Gasteiger partial charge is 0.394 e. The molecule has 0 saturated carbocycles. The van der Waals surface area contributed by atoms with Crippen LogP contribution in [0.25, 0.3) is 0 Å². The second-order valence-corrected chi connectivity index (χ2v) is 15.4. The van der Waals surface area contributed by atoms with Gasteiger partial charge in [0.05, 0.1) is 44.5 Å². The Labute approximate surface area is 311 Å². The first-order chi connectivity index (χ1) is 26.7. The highest BCUT2D eigenvalue weighted by atomic mass is 31.2. The maximum absolute atomic E-state index is 14.1. The monoisotopic (exact) mass is 862 g/mol. The lowest BCUT2D eigenvalue weighted by Crippen LogP contribution is -2.34. The van der Waals surface area contributed by atoms with Crippen molar-refractivity contribution in [2.45, 2.75) is 74.6 Å². The number of H-pyrrole nitrogens is 3. The third kappa shape index (κ3) is 9.60. The normalized spacial score (nSPS) is 29.7. The number of aliphatic hydroxyl groups excluding tert-OH is 2. The quantitative estimate of drug-likeness (QED) is 0.0809. The summed E-state index contributed by atoms with van der Waals surface area (Å²) >= 11 is 0. The summed E-state index contributed by atoms with van der Waals surface area (Å²) in [6.07, 6.45) is -13.5. The van der Waals surface area contributed by atoms with E-state index >= 15 is 0 Å². The van der Waals surface area contributed by atoms with Crippen LogP contribution in [0.1, 0.15) is 37.9 Å². The van der Waals surface area contributed by atoms with E-state index in [1.54, 1.807) is 15.0 Å². The number of ether oxygens (including phenoxy) is 3. The van der Waals surface area contributed by atoms with Crippen LogP contribution in [-0.4, -0.2) is 105 Å². The molecular weight excluding hydrogens is 831 g/mol. The molecule has 0 radical (unpaired) electrons. The Bertz CT molecular complexity index is 2450. The average Bonchev–Trinajstić information content (AvgIpc) is 3.83. The van der Waals surface area contributed by atoms with Gasteiger partial charge in [-0.05, 0) is 0 Å². The Balaban J connectivity index is 1.14. The van der Waals surface area contributed by atoms with E-state index in [9.17, 15) is 71.1 Å². The molecule has 314 valence electrons. The number of aromatic amines is 3. The Morgan fingerprint density at radius 2 is 0.982 bits per heavy atom. The van der Waals surface area contributed by atoms with Crippen LogP contribution in [-0.2, 0) is 41.4 Å². The van der Waals surface area contributed by atoms with Gasteiger partial charge in [-0.15, -0.1) is 0 Å². The van der Waals surface area contributed by atoms with Crippen LogP contribution < -0.4 is 33.7 Å². The largest absolute Gasteiger partial charge is 0.472 e. The number of hydrogen-bond donors (Lipinski definition) is 7. The number of aliphatic hydroxyl groups is 2. The van der Waals surface area contributed by atoms with E-state index in [-0.39, 0.29) is 6.42 Å². The summed E-state index contributed by atoms with van der Waals surface area (Å²) in [5, 5.41) is 20.2. The molecule has 3 aromatic rings. The first-order valence-electron chi connectivity index (χ1n) is 16.3. The molecule has 30 heteroatoms. The molecule has 3 saturated heterocycles. The predicted octanol–water partition coefficient (Wildman–Crippen LogP) is -2.73. The second-order valence-electron chi connectivity index (χ2n) is 12.6. The van der Waals surface area contributed by atoms with E-state index in [1.807, 2.05) is 0 Å². The molecular formula is C27H31F3N6O19P2. The lowest BCUT2D eigenvalue weighted by Gasteiger charge is -2.24. The zero-order valence-electron chi connectivity index (χ0n) is 28.5.